The van der Waals surface area contributed by atoms with Crippen molar-refractivity contribution in [3.8, 4) is 0 Å². The Bertz CT molecular complexity index is 227. The number of carboxylic acids is 1. The van der Waals surface area contributed by atoms with Gasteiger partial charge >= 0.3 is 5.97 Å². The van der Waals surface area contributed by atoms with Crippen LogP contribution in [-0.2, 0) is 14.4 Å². The largest absolute Gasteiger partial charge is 0.480 e. The monoisotopic (exact) mass is 186 g/mol. The maximum absolute atomic E-state index is 10.6. The van der Waals surface area contributed by atoms with Gasteiger partial charge in [-0.25, -0.2) is 4.79 Å². The predicted octanol–water partition coefficient (Wildman–Crippen LogP) is -0.816. The van der Waals surface area contributed by atoms with Crippen molar-refractivity contribution in [2.45, 2.75) is 18.9 Å². The Balaban J connectivity index is 3.95. The number of hydrogen-bond donors (Lipinski definition) is 3. The maximum Gasteiger partial charge on any atom is 0.326 e. The summed E-state index contributed by atoms with van der Waals surface area (Å²) >= 11 is 0. The average Bonchev–Trinajstić information content (AvgIpc) is 2.11. The lowest BCUT2D eigenvalue weighted by molar-refractivity contribution is -0.140. The molecule has 0 aliphatic carbocycles. The Kier molecular flexibility index (Phi) is 5.09. The zero-order valence-corrected chi connectivity index (χ0v) is 6.82. The molecule has 0 rings (SSSR count). The first-order chi connectivity index (χ1) is 6.11. The van der Waals surface area contributed by atoms with E-state index in [0.717, 1.165) is 0 Å². The lowest BCUT2D eigenvalue weighted by Gasteiger charge is -2.08. The van der Waals surface area contributed by atoms with Gasteiger partial charge in [0.15, 0.2) is 5.78 Å². The third-order valence-electron chi connectivity index (χ3n) is 1.41. The molecular formula is C7H10N2O4. The van der Waals surface area contributed by atoms with Gasteiger partial charge in [0.1, 0.15) is 6.04 Å². The number of carbonyl (C=O) groups excluding carboxylic acids is 2. The molecule has 1 unspecified atom stereocenters. The number of aliphatic carboxylic acids is 1. The Morgan fingerprint density at radius 1 is 1.54 bits per heavy atom. The molecule has 1 atom stereocenters. The van der Waals surface area contributed by atoms with Gasteiger partial charge < -0.3 is 15.8 Å². The van der Waals surface area contributed by atoms with Gasteiger partial charge in [0.2, 0.25) is 6.41 Å². The van der Waals surface area contributed by atoms with Crippen molar-refractivity contribution in [1.82, 2.24) is 5.32 Å². The third-order valence-corrected chi connectivity index (χ3v) is 1.41. The van der Waals surface area contributed by atoms with Crippen molar-refractivity contribution in [2.75, 3.05) is 0 Å². The fourth-order valence-corrected chi connectivity index (χ4v) is 0.719. The van der Waals surface area contributed by atoms with Crippen LogP contribution in [-0.4, -0.2) is 35.5 Å². The molecule has 13 heavy (non-hydrogen) atoms. The van der Waals surface area contributed by atoms with Gasteiger partial charge in [0, 0.05) is 6.42 Å². The summed E-state index contributed by atoms with van der Waals surface area (Å²) in [6.45, 7) is 0. The Hall–Kier alpha value is -1.72. The summed E-state index contributed by atoms with van der Waals surface area (Å²) in [6.07, 6.45) is 0.844. The third kappa shape index (κ3) is 4.67. The zero-order chi connectivity index (χ0) is 10.3. The molecule has 0 aromatic carbocycles. The SMILES string of the molecule is N=CC(=O)CCC(NC=O)C(=O)O. The summed E-state index contributed by atoms with van der Waals surface area (Å²) in [5, 5.41) is 17.1. The molecule has 0 radical (unpaired) electrons. The first-order valence-corrected chi connectivity index (χ1v) is 3.57. The van der Waals surface area contributed by atoms with Crippen molar-refractivity contribution < 1.29 is 19.5 Å². The van der Waals surface area contributed by atoms with Crippen molar-refractivity contribution in [1.29, 1.82) is 5.41 Å². The van der Waals surface area contributed by atoms with Gasteiger partial charge in [-0.15, -0.1) is 0 Å². The number of hydrogen-bond acceptors (Lipinski definition) is 4. The normalized spacial score (nSPS) is 11.4. The smallest absolute Gasteiger partial charge is 0.326 e. The summed E-state index contributed by atoms with van der Waals surface area (Å²) in [4.78, 5) is 30.9. The van der Waals surface area contributed by atoms with E-state index in [9.17, 15) is 14.4 Å². The minimum Gasteiger partial charge on any atom is -0.480 e. The van der Waals surface area contributed by atoms with Crippen LogP contribution < -0.4 is 5.32 Å². The molecule has 0 bridgehead atoms. The quantitative estimate of drug-likeness (QED) is 0.356. The van der Waals surface area contributed by atoms with Crippen molar-refractivity contribution in [3.63, 3.8) is 0 Å². The highest BCUT2D eigenvalue weighted by Crippen LogP contribution is 1.97. The Labute approximate surface area is 74.4 Å². The molecule has 0 heterocycles. The topological polar surface area (TPSA) is 107 Å². The molecule has 6 heteroatoms. The molecule has 0 fully saturated rings. The molecule has 0 aliphatic heterocycles. The number of amides is 1. The highest BCUT2D eigenvalue weighted by Gasteiger charge is 2.16. The second kappa shape index (κ2) is 5.87. The van der Waals surface area contributed by atoms with E-state index < -0.39 is 17.8 Å². The molecule has 0 aromatic heterocycles. The number of nitrogens with one attached hydrogen (secondary N) is 2. The van der Waals surface area contributed by atoms with Gasteiger partial charge in [-0.2, -0.15) is 0 Å². The summed E-state index contributed by atoms with van der Waals surface area (Å²) in [5.74, 6) is -1.65. The van der Waals surface area contributed by atoms with E-state index in [0.29, 0.717) is 6.21 Å². The van der Waals surface area contributed by atoms with Crippen LogP contribution in [0.5, 0.6) is 0 Å². The van der Waals surface area contributed by atoms with Crippen molar-refractivity contribution >= 4 is 24.4 Å². The van der Waals surface area contributed by atoms with E-state index in [1.807, 2.05) is 0 Å². The Morgan fingerprint density at radius 3 is 2.54 bits per heavy atom. The standard InChI is InChI=1S/C7H10N2O4/c8-3-5(11)1-2-6(7(12)13)9-4-10/h3-4,6,8H,1-2H2,(H,9,10)(H,12,13). The van der Waals surface area contributed by atoms with Gasteiger partial charge in [-0.3, -0.25) is 9.59 Å². The molecule has 0 spiro atoms. The molecule has 0 aromatic rings. The molecule has 6 nitrogen and oxygen atoms in total. The molecular weight excluding hydrogens is 176 g/mol. The number of carbonyl (C=O) groups is 3. The first kappa shape index (κ1) is 11.3. The van der Waals surface area contributed by atoms with E-state index >= 15 is 0 Å². The van der Waals surface area contributed by atoms with E-state index in [-0.39, 0.29) is 19.3 Å². The molecule has 72 valence electrons. The summed E-state index contributed by atoms with van der Waals surface area (Å²) in [7, 11) is 0. The van der Waals surface area contributed by atoms with Crippen molar-refractivity contribution in [3.05, 3.63) is 0 Å². The van der Waals surface area contributed by atoms with Crippen LogP contribution in [0.15, 0.2) is 0 Å². The van der Waals surface area contributed by atoms with Crippen LogP contribution >= 0.6 is 0 Å². The minimum atomic E-state index is -1.19. The summed E-state index contributed by atoms with van der Waals surface area (Å²) in [5.41, 5.74) is 0. The number of Topliss-reactive ketones (excluding diaryl/α,β-unsaturated/α-hetero) is 1. The fourth-order valence-electron chi connectivity index (χ4n) is 0.719. The molecule has 0 saturated heterocycles. The molecule has 0 aliphatic rings. The van der Waals surface area contributed by atoms with E-state index in [1.54, 1.807) is 0 Å². The van der Waals surface area contributed by atoms with Gasteiger partial charge in [0.05, 0.1) is 6.21 Å². The van der Waals surface area contributed by atoms with Crippen LogP contribution in [0, 0.1) is 5.41 Å². The van der Waals surface area contributed by atoms with E-state index in [4.69, 9.17) is 10.5 Å². The zero-order valence-electron chi connectivity index (χ0n) is 6.82. The van der Waals surface area contributed by atoms with Gasteiger partial charge in [-0.1, -0.05) is 0 Å². The highest BCUT2D eigenvalue weighted by atomic mass is 16.4. The Morgan fingerprint density at radius 2 is 2.15 bits per heavy atom. The molecule has 0 saturated carbocycles. The number of ketones is 1. The predicted molar refractivity (Wildman–Crippen MR) is 43.6 cm³/mol. The van der Waals surface area contributed by atoms with Gasteiger partial charge in [0.25, 0.3) is 0 Å². The van der Waals surface area contributed by atoms with Crippen LogP contribution in [0.1, 0.15) is 12.8 Å². The second-order valence-electron chi connectivity index (χ2n) is 2.32. The van der Waals surface area contributed by atoms with E-state index in [2.05, 4.69) is 5.32 Å². The van der Waals surface area contributed by atoms with Crippen LogP contribution in [0.25, 0.3) is 0 Å². The molecule has 3 N–H and O–H groups in total. The maximum atomic E-state index is 10.6. The van der Waals surface area contributed by atoms with Crippen LogP contribution in [0.2, 0.25) is 0 Å². The number of rotatable bonds is 7. The van der Waals surface area contributed by atoms with Crippen molar-refractivity contribution in [2.24, 2.45) is 0 Å². The van der Waals surface area contributed by atoms with Crippen LogP contribution in [0.3, 0.4) is 0 Å². The minimum absolute atomic E-state index is 0.00227. The lowest BCUT2D eigenvalue weighted by atomic mass is 10.1. The fraction of sp³-hybridized carbons (Fsp3) is 0.429. The van der Waals surface area contributed by atoms with Crippen LogP contribution in [0.4, 0.5) is 0 Å². The second-order valence-corrected chi connectivity index (χ2v) is 2.32. The molecule has 1 amide bonds. The first-order valence-electron chi connectivity index (χ1n) is 3.57. The average molecular weight is 186 g/mol. The summed E-state index contributed by atoms with van der Waals surface area (Å²) < 4.78 is 0. The lowest BCUT2D eigenvalue weighted by Crippen LogP contribution is -2.36. The van der Waals surface area contributed by atoms with Gasteiger partial charge in [-0.05, 0) is 6.42 Å². The number of carboxylic acid groups (broad SMARTS) is 1. The highest BCUT2D eigenvalue weighted by molar-refractivity contribution is 6.26. The summed E-state index contributed by atoms with van der Waals surface area (Å²) in [6, 6.07) is -1.05. The van der Waals surface area contributed by atoms with E-state index in [1.165, 1.54) is 0 Å².